The van der Waals surface area contributed by atoms with E-state index in [0.717, 1.165) is 11.3 Å². The Balaban J connectivity index is 2.87. The molecule has 0 aliphatic carbocycles. The molecule has 1 amide bonds. The van der Waals surface area contributed by atoms with Crippen molar-refractivity contribution in [3.05, 3.63) is 29.3 Å². The van der Waals surface area contributed by atoms with Crippen molar-refractivity contribution in [3.63, 3.8) is 0 Å². The topological polar surface area (TPSA) is 56.8 Å². The Morgan fingerprint density at radius 2 is 2.00 bits per heavy atom. The van der Waals surface area contributed by atoms with Crippen molar-refractivity contribution in [1.82, 2.24) is 5.32 Å². The van der Waals surface area contributed by atoms with Gasteiger partial charge in [-0.25, -0.2) is 0 Å². The van der Waals surface area contributed by atoms with Crippen molar-refractivity contribution in [2.24, 2.45) is 0 Å². The van der Waals surface area contributed by atoms with Gasteiger partial charge in [-0.1, -0.05) is 0 Å². The molecule has 1 N–H and O–H groups in total. The first-order valence-electron chi connectivity index (χ1n) is 7.65. The van der Waals surface area contributed by atoms with Crippen LogP contribution in [-0.2, 0) is 16.1 Å². The first kappa shape index (κ1) is 18.5. The molecule has 0 heterocycles. The number of nitrogens with one attached hydrogen (secondary N) is 1. The fourth-order valence-corrected chi connectivity index (χ4v) is 1.99. The van der Waals surface area contributed by atoms with Crippen LogP contribution in [0.1, 0.15) is 43.6 Å². The second-order valence-electron chi connectivity index (χ2n) is 5.45. The number of carbonyl (C=O) groups is 1. The molecule has 0 bridgehead atoms. The fraction of sp³-hybridized carbons (Fsp3) is 0.588. The quantitative estimate of drug-likeness (QED) is 0.762. The molecular weight excluding hydrogens is 282 g/mol. The largest absolute Gasteiger partial charge is 0.494 e. The lowest BCUT2D eigenvalue weighted by molar-refractivity contribution is 0.0641. The number of hydrogen-bond donors (Lipinski definition) is 1. The van der Waals surface area contributed by atoms with E-state index in [4.69, 9.17) is 14.2 Å². The number of hydrogen-bond acceptors (Lipinski definition) is 4. The summed E-state index contributed by atoms with van der Waals surface area (Å²) < 4.78 is 16.3. The molecule has 1 rings (SSSR count). The van der Waals surface area contributed by atoms with Crippen LogP contribution >= 0.6 is 0 Å². The molecule has 0 saturated heterocycles. The van der Waals surface area contributed by atoms with E-state index < -0.39 is 0 Å². The highest BCUT2D eigenvalue weighted by Crippen LogP contribution is 2.22. The smallest absolute Gasteiger partial charge is 0.251 e. The number of methoxy groups -OCH3 is 1. The van der Waals surface area contributed by atoms with Gasteiger partial charge in [-0.2, -0.15) is 0 Å². The first-order chi connectivity index (χ1) is 10.5. The number of benzene rings is 1. The van der Waals surface area contributed by atoms with Gasteiger partial charge in [-0.15, -0.1) is 0 Å². The van der Waals surface area contributed by atoms with E-state index in [1.165, 1.54) is 0 Å². The maximum absolute atomic E-state index is 12.2. The molecule has 0 spiro atoms. The fourth-order valence-electron chi connectivity index (χ4n) is 1.99. The second-order valence-corrected chi connectivity index (χ2v) is 5.45. The summed E-state index contributed by atoms with van der Waals surface area (Å²) in [6.07, 6.45) is 0.119. The molecule has 0 aliphatic heterocycles. The minimum Gasteiger partial charge on any atom is -0.494 e. The number of rotatable bonds is 9. The van der Waals surface area contributed by atoms with Crippen LogP contribution in [0.3, 0.4) is 0 Å². The van der Waals surface area contributed by atoms with E-state index in [1.54, 1.807) is 13.2 Å². The van der Waals surface area contributed by atoms with Crippen LogP contribution in [0.25, 0.3) is 0 Å². The zero-order valence-electron chi connectivity index (χ0n) is 14.1. The zero-order chi connectivity index (χ0) is 16.5. The van der Waals surface area contributed by atoms with E-state index in [2.05, 4.69) is 5.32 Å². The predicted octanol–water partition coefficient (Wildman–Crippen LogP) is 2.78. The monoisotopic (exact) mass is 309 g/mol. The molecule has 0 fully saturated rings. The van der Waals surface area contributed by atoms with Crippen molar-refractivity contribution in [2.45, 2.75) is 46.4 Å². The summed E-state index contributed by atoms with van der Waals surface area (Å²) in [5.41, 5.74) is 1.47. The molecule has 1 aromatic carbocycles. The summed E-state index contributed by atoms with van der Waals surface area (Å²) in [5, 5.41) is 2.90. The van der Waals surface area contributed by atoms with Crippen LogP contribution in [-0.4, -0.2) is 38.4 Å². The summed E-state index contributed by atoms with van der Waals surface area (Å²) in [4.78, 5) is 12.2. The number of carbonyl (C=O) groups excluding carboxylic acids is 1. The van der Waals surface area contributed by atoms with Crippen LogP contribution in [0.15, 0.2) is 18.2 Å². The average Bonchev–Trinajstić information content (AvgIpc) is 2.46. The lowest BCUT2D eigenvalue weighted by Crippen LogP contribution is -2.35. The lowest BCUT2D eigenvalue weighted by Gasteiger charge is -2.16. The highest BCUT2D eigenvalue weighted by molar-refractivity contribution is 5.94. The predicted molar refractivity (Wildman–Crippen MR) is 86.3 cm³/mol. The van der Waals surface area contributed by atoms with Crippen molar-refractivity contribution in [3.8, 4) is 5.75 Å². The van der Waals surface area contributed by atoms with Gasteiger partial charge in [0, 0.05) is 24.3 Å². The third kappa shape index (κ3) is 6.03. The molecular formula is C17H27NO4. The van der Waals surface area contributed by atoms with E-state index in [1.807, 2.05) is 39.8 Å². The minimum atomic E-state index is -0.126. The van der Waals surface area contributed by atoms with Crippen molar-refractivity contribution in [2.75, 3.05) is 20.3 Å². The van der Waals surface area contributed by atoms with Crippen LogP contribution in [0.2, 0.25) is 0 Å². The maximum atomic E-state index is 12.2. The third-order valence-corrected chi connectivity index (χ3v) is 2.99. The Labute approximate surface area is 132 Å². The van der Waals surface area contributed by atoms with Crippen molar-refractivity contribution in [1.29, 1.82) is 0 Å². The molecule has 0 aromatic heterocycles. The molecule has 5 nitrogen and oxygen atoms in total. The van der Waals surface area contributed by atoms with Gasteiger partial charge in [0.1, 0.15) is 5.75 Å². The second kappa shape index (κ2) is 9.43. The highest BCUT2D eigenvalue weighted by atomic mass is 16.5. The Morgan fingerprint density at radius 3 is 2.59 bits per heavy atom. The number of amides is 1. The van der Waals surface area contributed by atoms with Gasteiger partial charge in [0.2, 0.25) is 0 Å². The molecule has 0 unspecified atom stereocenters. The van der Waals surface area contributed by atoms with Gasteiger partial charge in [0.05, 0.1) is 25.9 Å². The lowest BCUT2D eigenvalue weighted by atomic mass is 10.1. The van der Waals surface area contributed by atoms with Gasteiger partial charge in [-0.3, -0.25) is 4.79 Å². The molecule has 0 radical (unpaired) electrons. The van der Waals surface area contributed by atoms with Gasteiger partial charge in [0.15, 0.2) is 0 Å². The normalized spacial score (nSPS) is 12.3. The Bertz CT molecular complexity index is 474. The summed E-state index contributed by atoms with van der Waals surface area (Å²) >= 11 is 0. The van der Waals surface area contributed by atoms with E-state index in [9.17, 15) is 4.79 Å². The van der Waals surface area contributed by atoms with Crippen LogP contribution in [0, 0.1) is 0 Å². The van der Waals surface area contributed by atoms with Crippen LogP contribution < -0.4 is 10.1 Å². The third-order valence-electron chi connectivity index (χ3n) is 2.99. The Hall–Kier alpha value is -1.59. The van der Waals surface area contributed by atoms with Gasteiger partial charge < -0.3 is 19.5 Å². The molecule has 0 saturated carbocycles. The van der Waals surface area contributed by atoms with Crippen LogP contribution in [0.4, 0.5) is 0 Å². The standard InChI is InChI=1S/C17H27NO4/c1-6-21-16-8-7-14(9-15(16)11-22-12(2)3)17(19)18-13(4)10-20-5/h7-9,12-13H,6,10-11H2,1-5H3,(H,18,19)/t13-/m0/s1. The van der Waals surface area contributed by atoms with E-state index in [0.29, 0.717) is 25.4 Å². The summed E-state index contributed by atoms with van der Waals surface area (Å²) in [5.74, 6) is 0.628. The van der Waals surface area contributed by atoms with Crippen molar-refractivity contribution < 1.29 is 19.0 Å². The molecule has 124 valence electrons. The zero-order valence-corrected chi connectivity index (χ0v) is 14.1. The minimum absolute atomic E-state index is 0.0422. The number of ether oxygens (including phenoxy) is 3. The summed E-state index contributed by atoms with van der Waals surface area (Å²) in [6, 6.07) is 5.36. The summed E-state index contributed by atoms with van der Waals surface area (Å²) in [6.45, 7) is 9.25. The molecule has 5 heteroatoms. The molecule has 1 aromatic rings. The SMILES string of the molecule is CCOc1ccc(C(=O)N[C@@H](C)COC)cc1COC(C)C. The molecule has 1 atom stereocenters. The van der Waals surface area contributed by atoms with Gasteiger partial charge in [-0.05, 0) is 45.9 Å². The molecule has 22 heavy (non-hydrogen) atoms. The molecule has 0 aliphatic rings. The average molecular weight is 309 g/mol. The van der Waals surface area contributed by atoms with Crippen molar-refractivity contribution >= 4 is 5.91 Å². The maximum Gasteiger partial charge on any atom is 0.251 e. The Morgan fingerprint density at radius 1 is 1.27 bits per heavy atom. The van der Waals surface area contributed by atoms with Crippen LogP contribution in [0.5, 0.6) is 5.75 Å². The van der Waals surface area contributed by atoms with E-state index in [-0.39, 0.29) is 18.1 Å². The summed E-state index contributed by atoms with van der Waals surface area (Å²) in [7, 11) is 1.61. The van der Waals surface area contributed by atoms with Gasteiger partial charge >= 0.3 is 0 Å². The first-order valence-corrected chi connectivity index (χ1v) is 7.65. The Kier molecular flexibility index (Phi) is 7.91. The van der Waals surface area contributed by atoms with Gasteiger partial charge in [0.25, 0.3) is 5.91 Å². The highest BCUT2D eigenvalue weighted by Gasteiger charge is 2.13. The van der Waals surface area contributed by atoms with E-state index >= 15 is 0 Å².